The molecule has 1 aromatic carbocycles. The van der Waals surface area contributed by atoms with E-state index in [0.717, 1.165) is 30.5 Å². The second-order valence-corrected chi connectivity index (χ2v) is 5.16. The van der Waals surface area contributed by atoms with Crippen molar-refractivity contribution in [2.45, 2.75) is 5.03 Å². The Bertz CT molecular complexity index is 720. The van der Waals surface area contributed by atoms with Gasteiger partial charge in [-0.1, -0.05) is 0 Å². The number of hydrogen-bond donors (Lipinski definition) is 2. The summed E-state index contributed by atoms with van der Waals surface area (Å²) in [5.74, 6) is -2.39. The van der Waals surface area contributed by atoms with Gasteiger partial charge in [-0.3, -0.25) is 4.72 Å². The molecule has 0 spiro atoms. The number of sulfonamides is 1. The van der Waals surface area contributed by atoms with Crippen LogP contribution in [-0.4, -0.2) is 18.5 Å². The Morgan fingerprint density at radius 1 is 1.16 bits per heavy atom. The molecule has 8 heteroatoms. The third-order valence-corrected chi connectivity index (χ3v) is 3.47. The van der Waals surface area contributed by atoms with Crippen molar-refractivity contribution in [2.24, 2.45) is 0 Å². The lowest BCUT2D eigenvalue weighted by molar-refractivity contribution is 0.469. The highest BCUT2D eigenvalue weighted by Gasteiger charge is 2.21. The van der Waals surface area contributed by atoms with E-state index in [9.17, 15) is 17.2 Å². The third-order valence-electron chi connectivity index (χ3n) is 2.18. The summed E-state index contributed by atoms with van der Waals surface area (Å²) in [6.07, 6.45) is 1.10. The van der Waals surface area contributed by atoms with Crippen LogP contribution in [-0.2, 0) is 10.0 Å². The number of benzene rings is 1. The van der Waals surface area contributed by atoms with Gasteiger partial charge >= 0.3 is 0 Å². The zero-order valence-corrected chi connectivity index (χ0v) is 10.2. The van der Waals surface area contributed by atoms with Crippen molar-refractivity contribution in [3.05, 3.63) is 48.2 Å². The van der Waals surface area contributed by atoms with Crippen molar-refractivity contribution in [1.29, 1.82) is 0 Å². The maximum atomic E-state index is 13.4. The zero-order chi connectivity index (χ0) is 14.0. The monoisotopic (exact) mass is 286 g/mol. The molecule has 1 heterocycles. The van der Waals surface area contributed by atoms with Crippen LogP contribution >= 0.6 is 0 Å². The molecule has 0 saturated heterocycles. The first-order valence-electron chi connectivity index (χ1n) is 5.02. The van der Waals surface area contributed by atoms with E-state index in [1.165, 1.54) is 6.07 Å². The van der Waals surface area contributed by atoms with Gasteiger partial charge in [-0.05, 0) is 24.3 Å². The van der Waals surface area contributed by atoms with E-state index in [4.69, 9.17) is 5.11 Å². The fourth-order valence-corrected chi connectivity index (χ4v) is 2.42. The lowest BCUT2D eigenvalue weighted by Crippen LogP contribution is -2.16. The average Bonchev–Trinajstić information content (AvgIpc) is 2.33. The molecule has 0 aliphatic rings. The minimum Gasteiger partial charge on any atom is -0.508 e. The first-order chi connectivity index (χ1) is 8.90. The molecule has 100 valence electrons. The summed E-state index contributed by atoms with van der Waals surface area (Å²) >= 11 is 0. The van der Waals surface area contributed by atoms with Gasteiger partial charge in [0, 0.05) is 12.3 Å². The van der Waals surface area contributed by atoms with E-state index < -0.39 is 32.4 Å². The largest absolute Gasteiger partial charge is 0.508 e. The smallest absolute Gasteiger partial charge is 0.282 e. The summed E-state index contributed by atoms with van der Waals surface area (Å²) in [7, 11) is -4.34. The predicted octanol–water partition coefficient (Wildman–Crippen LogP) is 1.87. The summed E-state index contributed by atoms with van der Waals surface area (Å²) in [6.45, 7) is 0. The minimum atomic E-state index is -4.34. The summed E-state index contributed by atoms with van der Waals surface area (Å²) in [5, 5.41) is 8.18. The van der Waals surface area contributed by atoms with Crippen molar-refractivity contribution >= 4 is 15.7 Å². The second-order valence-electron chi connectivity index (χ2n) is 3.56. The minimum absolute atomic E-state index is 0.357. The Hall–Kier alpha value is -2.22. The van der Waals surface area contributed by atoms with Gasteiger partial charge in [-0.15, -0.1) is 0 Å². The summed E-state index contributed by atoms with van der Waals surface area (Å²) in [5.41, 5.74) is -0.414. The Morgan fingerprint density at radius 3 is 2.53 bits per heavy atom. The number of phenols is 1. The molecule has 0 unspecified atom stereocenters. The maximum Gasteiger partial charge on any atom is 0.282 e. The highest BCUT2D eigenvalue weighted by Crippen LogP contribution is 2.22. The molecule has 2 rings (SSSR count). The van der Waals surface area contributed by atoms with Crippen LogP contribution in [0.2, 0.25) is 0 Å². The number of phenolic OH excluding ortho intramolecular Hbond substituents is 1. The molecule has 0 radical (unpaired) electrons. The number of halogens is 2. The molecule has 0 bridgehead atoms. The van der Waals surface area contributed by atoms with Crippen molar-refractivity contribution in [1.82, 2.24) is 4.98 Å². The fourth-order valence-electron chi connectivity index (χ4n) is 1.35. The lowest BCUT2D eigenvalue weighted by atomic mass is 10.3. The van der Waals surface area contributed by atoms with Crippen LogP contribution in [0.25, 0.3) is 0 Å². The number of nitrogens with zero attached hydrogens (tertiary/aromatic N) is 1. The van der Waals surface area contributed by atoms with E-state index in [1.807, 2.05) is 4.72 Å². The molecule has 0 atom stereocenters. The quantitative estimate of drug-likeness (QED) is 0.844. The van der Waals surface area contributed by atoms with Crippen molar-refractivity contribution in [3.63, 3.8) is 0 Å². The maximum absolute atomic E-state index is 13.4. The highest BCUT2D eigenvalue weighted by molar-refractivity contribution is 7.92. The van der Waals surface area contributed by atoms with Gasteiger partial charge in [0.05, 0.1) is 5.69 Å². The molecule has 0 saturated carbocycles. The number of nitrogens with one attached hydrogen (secondary N) is 1. The first-order valence-corrected chi connectivity index (χ1v) is 6.50. The van der Waals surface area contributed by atoms with Crippen LogP contribution in [0.15, 0.2) is 41.6 Å². The molecule has 2 aromatic rings. The van der Waals surface area contributed by atoms with Gasteiger partial charge in [-0.25, -0.2) is 13.8 Å². The zero-order valence-electron chi connectivity index (χ0n) is 9.34. The summed E-state index contributed by atoms with van der Waals surface area (Å²) in [6, 6.07) is 5.00. The molecule has 0 aliphatic carbocycles. The van der Waals surface area contributed by atoms with Gasteiger partial charge in [0.25, 0.3) is 10.0 Å². The number of rotatable bonds is 3. The number of aromatic nitrogens is 1. The topological polar surface area (TPSA) is 79.3 Å². The van der Waals surface area contributed by atoms with E-state index in [-0.39, 0.29) is 5.75 Å². The van der Waals surface area contributed by atoms with Crippen molar-refractivity contribution < 1.29 is 22.3 Å². The summed E-state index contributed by atoms with van der Waals surface area (Å²) in [4.78, 5) is 3.40. The van der Waals surface area contributed by atoms with E-state index in [1.54, 1.807) is 0 Å². The standard InChI is InChI=1S/C11H8F2N2O3S/c12-8-2-1-5-14-11(8)19(17,18)15-10-4-3-7(16)6-9(10)13/h1-6,15-16H. The third kappa shape index (κ3) is 2.79. The Kier molecular flexibility index (Phi) is 3.34. The van der Waals surface area contributed by atoms with Gasteiger partial charge in [-0.2, -0.15) is 8.42 Å². The van der Waals surface area contributed by atoms with Gasteiger partial charge < -0.3 is 5.11 Å². The normalized spacial score (nSPS) is 11.3. The van der Waals surface area contributed by atoms with Crippen LogP contribution in [0.5, 0.6) is 5.75 Å². The first kappa shape index (κ1) is 13.2. The Labute approximate surface area is 107 Å². The number of hydrogen-bond acceptors (Lipinski definition) is 4. The fraction of sp³-hybridized carbons (Fsp3) is 0. The lowest BCUT2D eigenvalue weighted by Gasteiger charge is -2.08. The van der Waals surface area contributed by atoms with Gasteiger partial charge in [0.1, 0.15) is 5.75 Å². The summed E-state index contributed by atoms with van der Waals surface area (Å²) < 4.78 is 52.2. The van der Waals surface area contributed by atoms with Crippen molar-refractivity contribution in [3.8, 4) is 5.75 Å². The molecule has 1 aromatic heterocycles. The predicted molar refractivity (Wildman–Crippen MR) is 63.1 cm³/mol. The average molecular weight is 286 g/mol. The highest BCUT2D eigenvalue weighted by atomic mass is 32.2. The molecule has 5 nitrogen and oxygen atoms in total. The SMILES string of the molecule is O=S(=O)(Nc1ccc(O)cc1F)c1ncccc1F. The Morgan fingerprint density at radius 2 is 1.89 bits per heavy atom. The van der Waals surface area contributed by atoms with Crippen LogP contribution in [0.3, 0.4) is 0 Å². The molecule has 0 amide bonds. The van der Waals surface area contributed by atoms with E-state index in [0.29, 0.717) is 0 Å². The molecular formula is C11H8F2N2O3S. The van der Waals surface area contributed by atoms with Crippen LogP contribution in [0.4, 0.5) is 14.5 Å². The number of anilines is 1. The van der Waals surface area contributed by atoms with Gasteiger partial charge in [0.15, 0.2) is 11.6 Å². The second kappa shape index (κ2) is 4.81. The Balaban J connectivity index is 2.40. The molecular weight excluding hydrogens is 278 g/mol. The molecule has 19 heavy (non-hydrogen) atoms. The van der Waals surface area contributed by atoms with Crippen LogP contribution in [0.1, 0.15) is 0 Å². The molecule has 0 fully saturated rings. The van der Waals surface area contributed by atoms with E-state index >= 15 is 0 Å². The molecule has 0 aliphatic heterocycles. The number of aromatic hydroxyl groups is 1. The van der Waals surface area contributed by atoms with Gasteiger partial charge in [0.2, 0.25) is 5.03 Å². The van der Waals surface area contributed by atoms with Crippen LogP contribution in [0, 0.1) is 11.6 Å². The molecule has 2 N–H and O–H groups in total. The van der Waals surface area contributed by atoms with Crippen molar-refractivity contribution in [2.75, 3.05) is 4.72 Å². The number of pyridine rings is 1. The van der Waals surface area contributed by atoms with Crippen LogP contribution < -0.4 is 4.72 Å². The van der Waals surface area contributed by atoms with E-state index in [2.05, 4.69) is 4.98 Å².